The van der Waals surface area contributed by atoms with Crippen molar-refractivity contribution in [2.75, 3.05) is 21.2 Å². The smallest absolute Gasteiger partial charge is 0.191 e. The van der Waals surface area contributed by atoms with E-state index in [1.165, 1.54) is 16.0 Å². The Morgan fingerprint density at radius 2 is 2.00 bits per heavy atom. The summed E-state index contributed by atoms with van der Waals surface area (Å²) in [6.07, 6.45) is 0. The van der Waals surface area contributed by atoms with E-state index >= 15 is 0 Å². The van der Waals surface area contributed by atoms with E-state index in [0.29, 0.717) is 0 Å². The van der Waals surface area contributed by atoms with Crippen molar-refractivity contribution in [3.8, 4) is 16.9 Å². The standard InChI is InChI=1S/C15H19N3OS/c1-16-15(17-2)18-9-14-8-12(10-20-14)11-4-6-13(19-3)7-5-11/h4-8,10H,9H2,1-3H3,(H2,16,17,18). The van der Waals surface area contributed by atoms with Gasteiger partial charge in [-0.05, 0) is 34.7 Å². The fourth-order valence-electron chi connectivity index (χ4n) is 1.86. The lowest BCUT2D eigenvalue weighted by Crippen LogP contribution is -2.33. The van der Waals surface area contributed by atoms with Crippen molar-refractivity contribution in [2.24, 2.45) is 4.99 Å². The molecule has 106 valence electrons. The number of aliphatic imine (C=N–C) groups is 1. The summed E-state index contributed by atoms with van der Waals surface area (Å²) in [6, 6.07) is 10.3. The molecule has 5 heteroatoms. The average molecular weight is 289 g/mol. The number of nitrogens with one attached hydrogen (secondary N) is 2. The first-order chi connectivity index (χ1) is 9.76. The maximum absolute atomic E-state index is 5.17. The molecule has 2 aromatic rings. The molecule has 2 N–H and O–H groups in total. The van der Waals surface area contributed by atoms with Gasteiger partial charge in [0, 0.05) is 19.0 Å². The highest BCUT2D eigenvalue weighted by molar-refractivity contribution is 7.10. The maximum atomic E-state index is 5.17. The van der Waals surface area contributed by atoms with Gasteiger partial charge in [-0.1, -0.05) is 12.1 Å². The van der Waals surface area contributed by atoms with E-state index in [2.05, 4.69) is 39.2 Å². The molecule has 0 amide bonds. The van der Waals surface area contributed by atoms with E-state index in [1.807, 2.05) is 19.2 Å². The second-order valence-corrected chi connectivity index (χ2v) is 5.20. The van der Waals surface area contributed by atoms with Gasteiger partial charge < -0.3 is 15.4 Å². The third kappa shape index (κ3) is 3.51. The van der Waals surface area contributed by atoms with Crippen LogP contribution in [0.1, 0.15) is 4.88 Å². The topological polar surface area (TPSA) is 45.7 Å². The minimum absolute atomic E-state index is 0.772. The molecule has 0 atom stereocenters. The summed E-state index contributed by atoms with van der Waals surface area (Å²) in [5, 5.41) is 8.42. The normalized spacial score (nSPS) is 11.2. The Morgan fingerprint density at radius 3 is 2.60 bits per heavy atom. The first kappa shape index (κ1) is 14.4. The van der Waals surface area contributed by atoms with Crippen LogP contribution in [0.2, 0.25) is 0 Å². The molecule has 0 bridgehead atoms. The molecule has 1 heterocycles. The van der Waals surface area contributed by atoms with Gasteiger partial charge in [0.05, 0.1) is 13.7 Å². The molecular formula is C15H19N3OS. The lowest BCUT2D eigenvalue weighted by atomic mass is 10.1. The zero-order chi connectivity index (χ0) is 14.4. The zero-order valence-corrected chi connectivity index (χ0v) is 12.8. The molecule has 2 rings (SSSR count). The summed E-state index contributed by atoms with van der Waals surface area (Å²) in [4.78, 5) is 5.36. The third-order valence-corrected chi connectivity index (χ3v) is 3.90. The molecule has 0 aliphatic rings. The van der Waals surface area contributed by atoms with Crippen LogP contribution in [0.4, 0.5) is 0 Å². The predicted molar refractivity (Wildman–Crippen MR) is 85.6 cm³/mol. The Bertz CT molecular complexity index is 575. The van der Waals surface area contributed by atoms with Crippen LogP contribution >= 0.6 is 11.3 Å². The summed E-state index contributed by atoms with van der Waals surface area (Å²) in [5.41, 5.74) is 2.43. The van der Waals surface area contributed by atoms with Gasteiger partial charge in [-0.3, -0.25) is 4.99 Å². The summed E-state index contributed by atoms with van der Waals surface area (Å²) in [5.74, 6) is 1.67. The molecular weight excluding hydrogens is 270 g/mol. The van der Waals surface area contributed by atoms with Crippen molar-refractivity contribution in [1.82, 2.24) is 10.6 Å². The summed E-state index contributed by atoms with van der Waals surface area (Å²) in [6.45, 7) is 0.772. The number of benzene rings is 1. The number of rotatable bonds is 4. The molecule has 0 aliphatic heterocycles. The first-order valence-electron chi connectivity index (χ1n) is 6.37. The molecule has 1 aromatic heterocycles. The van der Waals surface area contributed by atoms with Crippen molar-refractivity contribution in [3.63, 3.8) is 0 Å². The van der Waals surface area contributed by atoms with Crippen LogP contribution in [0.5, 0.6) is 5.75 Å². The second kappa shape index (κ2) is 6.96. The van der Waals surface area contributed by atoms with E-state index in [0.717, 1.165) is 18.3 Å². The number of methoxy groups -OCH3 is 1. The van der Waals surface area contributed by atoms with Gasteiger partial charge in [0.2, 0.25) is 0 Å². The maximum Gasteiger partial charge on any atom is 0.191 e. The molecule has 0 spiro atoms. The molecule has 4 nitrogen and oxygen atoms in total. The molecule has 0 unspecified atom stereocenters. The van der Waals surface area contributed by atoms with Crippen LogP contribution in [0.15, 0.2) is 40.7 Å². The van der Waals surface area contributed by atoms with E-state index < -0.39 is 0 Å². The predicted octanol–water partition coefficient (Wildman–Crippen LogP) is 2.72. The zero-order valence-electron chi connectivity index (χ0n) is 11.9. The Kier molecular flexibility index (Phi) is 5.01. The van der Waals surface area contributed by atoms with Crippen molar-refractivity contribution >= 4 is 17.3 Å². The van der Waals surface area contributed by atoms with E-state index in [-0.39, 0.29) is 0 Å². The van der Waals surface area contributed by atoms with Crippen molar-refractivity contribution < 1.29 is 4.74 Å². The van der Waals surface area contributed by atoms with E-state index in [9.17, 15) is 0 Å². The van der Waals surface area contributed by atoms with Crippen LogP contribution in [0.25, 0.3) is 11.1 Å². The lowest BCUT2D eigenvalue weighted by molar-refractivity contribution is 0.415. The Hall–Kier alpha value is -2.01. The number of ether oxygens (including phenoxy) is 1. The van der Waals surface area contributed by atoms with E-state index in [1.54, 1.807) is 25.5 Å². The van der Waals surface area contributed by atoms with Gasteiger partial charge in [0.25, 0.3) is 0 Å². The molecule has 1 aromatic carbocycles. The Morgan fingerprint density at radius 1 is 1.25 bits per heavy atom. The van der Waals surface area contributed by atoms with Crippen molar-refractivity contribution in [1.29, 1.82) is 0 Å². The van der Waals surface area contributed by atoms with Crippen molar-refractivity contribution in [2.45, 2.75) is 6.54 Å². The summed E-state index contributed by atoms with van der Waals surface area (Å²) >= 11 is 1.74. The minimum Gasteiger partial charge on any atom is -0.497 e. The fourth-order valence-corrected chi connectivity index (χ4v) is 2.69. The number of hydrogen-bond donors (Lipinski definition) is 2. The Balaban J connectivity index is 2.04. The van der Waals surface area contributed by atoms with Crippen LogP contribution in [0, 0.1) is 0 Å². The van der Waals surface area contributed by atoms with Gasteiger partial charge in [0.15, 0.2) is 5.96 Å². The number of hydrogen-bond acceptors (Lipinski definition) is 3. The van der Waals surface area contributed by atoms with Crippen molar-refractivity contribution in [3.05, 3.63) is 40.6 Å². The monoisotopic (exact) mass is 289 g/mol. The largest absolute Gasteiger partial charge is 0.497 e. The number of thiophene rings is 1. The fraction of sp³-hybridized carbons (Fsp3) is 0.267. The van der Waals surface area contributed by atoms with Gasteiger partial charge >= 0.3 is 0 Å². The average Bonchev–Trinajstić information content (AvgIpc) is 2.97. The summed E-state index contributed by atoms with van der Waals surface area (Å²) in [7, 11) is 5.29. The lowest BCUT2D eigenvalue weighted by Gasteiger charge is -2.06. The molecule has 0 fully saturated rings. The van der Waals surface area contributed by atoms with Crippen LogP contribution in [-0.2, 0) is 6.54 Å². The molecule has 0 radical (unpaired) electrons. The highest BCUT2D eigenvalue weighted by Crippen LogP contribution is 2.27. The van der Waals surface area contributed by atoms with Gasteiger partial charge in [-0.15, -0.1) is 11.3 Å². The second-order valence-electron chi connectivity index (χ2n) is 4.21. The van der Waals surface area contributed by atoms with Crippen LogP contribution in [0.3, 0.4) is 0 Å². The first-order valence-corrected chi connectivity index (χ1v) is 7.25. The van der Waals surface area contributed by atoms with Gasteiger partial charge in [0.1, 0.15) is 5.75 Å². The van der Waals surface area contributed by atoms with E-state index in [4.69, 9.17) is 4.74 Å². The third-order valence-electron chi connectivity index (χ3n) is 2.97. The van der Waals surface area contributed by atoms with Crippen LogP contribution < -0.4 is 15.4 Å². The minimum atomic E-state index is 0.772. The number of nitrogens with zero attached hydrogens (tertiary/aromatic N) is 1. The highest BCUT2D eigenvalue weighted by Gasteiger charge is 2.03. The SMILES string of the molecule is CN=C(NC)NCc1cc(-c2ccc(OC)cc2)cs1. The molecule has 0 saturated carbocycles. The highest BCUT2D eigenvalue weighted by atomic mass is 32.1. The molecule has 20 heavy (non-hydrogen) atoms. The van der Waals surface area contributed by atoms with Gasteiger partial charge in [-0.25, -0.2) is 0 Å². The quantitative estimate of drug-likeness (QED) is 0.672. The summed E-state index contributed by atoms with van der Waals surface area (Å²) < 4.78 is 5.17. The molecule has 0 saturated heterocycles. The Labute approximate surface area is 123 Å². The number of guanidine groups is 1. The molecule has 0 aliphatic carbocycles. The van der Waals surface area contributed by atoms with Crippen LogP contribution in [-0.4, -0.2) is 27.2 Å². The van der Waals surface area contributed by atoms with Gasteiger partial charge in [-0.2, -0.15) is 0 Å².